The van der Waals surface area contributed by atoms with E-state index >= 15 is 0 Å². The van der Waals surface area contributed by atoms with E-state index in [1.54, 1.807) is 30.3 Å². The Bertz CT molecular complexity index is 1080. The fraction of sp³-hybridized carbons (Fsp3) is 0.519. The van der Waals surface area contributed by atoms with Gasteiger partial charge in [-0.2, -0.15) is 0 Å². The third-order valence-electron chi connectivity index (χ3n) is 7.92. The predicted molar refractivity (Wildman–Crippen MR) is 135 cm³/mol. The zero-order valence-electron chi connectivity index (χ0n) is 20.7. The molecule has 8 nitrogen and oxygen atoms in total. The lowest BCUT2D eigenvalue weighted by Gasteiger charge is -2.37. The van der Waals surface area contributed by atoms with Crippen LogP contribution in [0.25, 0.3) is 0 Å². The summed E-state index contributed by atoms with van der Waals surface area (Å²) in [6.07, 6.45) is 3.78. The maximum atomic E-state index is 14.3. The first-order valence-corrected chi connectivity index (χ1v) is 12.6. The van der Waals surface area contributed by atoms with E-state index in [9.17, 15) is 19.5 Å². The molecule has 0 aliphatic carbocycles. The third kappa shape index (κ3) is 3.86. The molecule has 3 fully saturated rings. The molecule has 0 aromatic heterocycles. The molecule has 1 aromatic carbocycles. The number of fused-ring (bicyclic) bond motifs is 1. The van der Waals surface area contributed by atoms with Gasteiger partial charge >= 0.3 is 5.97 Å². The van der Waals surface area contributed by atoms with Gasteiger partial charge in [0.2, 0.25) is 5.91 Å². The number of amides is 2. The highest BCUT2D eigenvalue weighted by Crippen LogP contribution is 2.65. The largest absolute Gasteiger partial charge is 0.461 e. The summed E-state index contributed by atoms with van der Waals surface area (Å²) in [4.78, 5) is 44.5. The summed E-state index contributed by atoms with van der Waals surface area (Å²) in [6.45, 7) is 11.4. The number of ether oxygens (including phenoxy) is 2. The van der Waals surface area contributed by atoms with Gasteiger partial charge in [0.25, 0.3) is 5.91 Å². The van der Waals surface area contributed by atoms with Gasteiger partial charge in [0.05, 0.1) is 22.2 Å². The van der Waals surface area contributed by atoms with Crippen LogP contribution in [0.3, 0.4) is 0 Å². The average molecular weight is 517 g/mol. The van der Waals surface area contributed by atoms with Gasteiger partial charge in [-0.15, -0.1) is 6.58 Å². The molecule has 0 radical (unpaired) electrons. The van der Waals surface area contributed by atoms with E-state index in [1.165, 1.54) is 15.9 Å². The van der Waals surface area contributed by atoms with Crippen molar-refractivity contribution < 1.29 is 29.0 Å². The van der Waals surface area contributed by atoms with Crippen LogP contribution in [0.5, 0.6) is 0 Å². The number of hydrogen-bond donors (Lipinski definition) is 1. The van der Waals surface area contributed by atoms with E-state index in [-0.39, 0.29) is 50.5 Å². The van der Waals surface area contributed by atoms with Crippen LogP contribution in [-0.4, -0.2) is 71.3 Å². The van der Waals surface area contributed by atoms with Gasteiger partial charge in [-0.25, -0.2) is 0 Å². The number of carbonyl (C=O) groups is 3. The molecule has 3 saturated heterocycles. The number of aliphatic hydroxyl groups is 1. The third-order valence-corrected chi connectivity index (χ3v) is 8.24. The standard InChI is InChI=1S/C27H33ClN2O6/c1-5-12-29(19-11-8-7-10-18(19)28)24(33)22-27-16-17(3)26(4,36-27)21(25(34)35-15-6-2)20(27)23(32)30(22)13-9-14-31/h5-8,10-11,17,20-22,31H,1-2,9,12-16H2,3-4H3/t17?,20-,21+,22?,26-,27?/m0/s1. The zero-order chi connectivity index (χ0) is 26.3. The number of para-hydroxylation sites is 1. The predicted octanol–water partition coefficient (Wildman–Crippen LogP) is 2.98. The summed E-state index contributed by atoms with van der Waals surface area (Å²) < 4.78 is 12.1. The Hall–Kier alpha value is -2.68. The van der Waals surface area contributed by atoms with Crippen LogP contribution >= 0.6 is 11.6 Å². The van der Waals surface area contributed by atoms with Gasteiger partial charge in [-0.1, -0.05) is 49.4 Å². The number of halogens is 1. The first-order chi connectivity index (χ1) is 17.2. The normalized spacial score (nSPS) is 32.3. The van der Waals surface area contributed by atoms with Crippen molar-refractivity contribution in [2.24, 2.45) is 17.8 Å². The lowest BCUT2D eigenvalue weighted by molar-refractivity contribution is -0.160. The van der Waals surface area contributed by atoms with Crippen molar-refractivity contribution in [3.8, 4) is 0 Å². The smallest absolute Gasteiger partial charge is 0.313 e. The number of aliphatic hydroxyl groups excluding tert-OH is 1. The summed E-state index contributed by atoms with van der Waals surface area (Å²) in [5, 5.41) is 9.90. The number of esters is 1. The zero-order valence-corrected chi connectivity index (χ0v) is 21.4. The summed E-state index contributed by atoms with van der Waals surface area (Å²) >= 11 is 6.46. The van der Waals surface area contributed by atoms with Crippen molar-refractivity contribution >= 4 is 35.1 Å². The minimum atomic E-state index is -1.21. The second-order valence-electron chi connectivity index (χ2n) is 9.92. The molecule has 0 saturated carbocycles. The number of hydrogen-bond acceptors (Lipinski definition) is 6. The van der Waals surface area contributed by atoms with Crippen LogP contribution in [0.1, 0.15) is 26.7 Å². The molecular weight excluding hydrogens is 484 g/mol. The highest BCUT2D eigenvalue weighted by Gasteiger charge is 2.80. The minimum absolute atomic E-state index is 0.0178. The molecule has 3 unspecified atom stereocenters. The van der Waals surface area contributed by atoms with Gasteiger partial charge in [0, 0.05) is 19.7 Å². The van der Waals surface area contributed by atoms with E-state index < -0.39 is 35.0 Å². The van der Waals surface area contributed by atoms with E-state index in [4.69, 9.17) is 21.1 Å². The van der Waals surface area contributed by atoms with Gasteiger partial charge in [-0.3, -0.25) is 14.4 Å². The van der Waals surface area contributed by atoms with Crippen LogP contribution < -0.4 is 4.90 Å². The van der Waals surface area contributed by atoms with Crippen LogP contribution in [0.15, 0.2) is 49.6 Å². The van der Waals surface area contributed by atoms with Crippen LogP contribution in [-0.2, 0) is 23.9 Å². The number of anilines is 1. The Morgan fingerprint density at radius 1 is 1.33 bits per heavy atom. The molecule has 4 rings (SSSR count). The van der Waals surface area contributed by atoms with Crippen molar-refractivity contribution in [3.05, 3.63) is 54.6 Å². The van der Waals surface area contributed by atoms with Gasteiger partial charge in [-0.05, 0) is 37.8 Å². The molecule has 3 heterocycles. The number of nitrogens with zero attached hydrogens (tertiary/aromatic N) is 2. The summed E-state index contributed by atoms with van der Waals surface area (Å²) in [7, 11) is 0. The molecule has 36 heavy (non-hydrogen) atoms. The van der Waals surface area contributed by atoms with Crippen molar-refractivity contribution in [1.82, 2.24) is 4.90 Å². The highest BCUT2D eigenvalue weighted by molar-refractivity contribution is 6.34. The molecule has 3 aliphatic rings. The maximum absolute atomic E-state index is 14.3. The van der Waals surface area contributed by atoms with Crippen molar-refractivity contribution in [2.75, 3.05) is 31.2 Å². The van der Waals surface area contributed by atoms with Crippen molar-refractivity contribution in [2.45, 2.75) is 43.9 Å². The topological polar surface area (TPSA) is 96.4 Å². The minimum Gasteiger partial charge on any atom is -0.461 e. The Labute approximate surface area is 216 Å². The number of carbonyl (C=O) groups excluding carboxylic acids is 3. The maximum Gasteiger partial charge on any atom is 0.313 e. The Balaban J connectivity index is 1.82. The summed E-state index contributed by atoms with van der Waals surface area (Å²) in [6, 6.07) is 5.98. The fourth-order valence-corrected chi connectivity index (χ4v) is 6.58. The van der Waals surface area contributed by atoms with Gasteiger partial charge in [0.1, 0.15) is 24.2 Å². The quantitative estimate of drug-likeness (QED) is 0.379. The summed E-state index contributed by atoms with van der Waals surface area (Å²) in [5.74, 6) is -3.08. The SMILES string of the molecule is C=CCOC(=O)[C@H]1[C@H]2C(=O)N(CCCO)C(C(=O)N(CC=C)c3ccccc3Cl)C23CC(C)[C@]1(C)O3. The molecule has 9 heteroatoms. The lowest BCUT2D eigenvalue weighted by Crippen LogP contribution is -2.57. The molecule has 1 spiro atoms. The number of rotatable bonds is 10. The Kier molecular flexibility index (Phi) is 7.33. The van der Waals surface area contributed by atoms with Crippen molar-refractivity contribution in [3.63, 3.8) is 0 Å². The second kappa shape index (κ2) is 10.00. The molecule has 6 atom stereocenters. The van der Waals surface area contributed by atoms with Crippen molar-refractivity contribution in [1.29, 1.82) is 0 Å². The molecule has 1 aromatic rings. The average Bonchev–Trinajstić information content (AvgIpc) is 3.36. The van der Waals surface area contributed by atoms with Gasteiger partial charge in [0.15, 0.2) is 0 Å². The summed E-state index contributed by atoms with van der Waals surface area (Å²) in [5.41, 5.74) is -1.68. The van der Waals surface area contributed by atoms with Gasteiger partial charge < -0.3 is 24.4 Å². The molecule has 194 valence electrons. The molecule has 1 N–H and O–H groups in total. The monoisotopic (exact) mass is 516 g/mol. The molecule has 2 amide bonds. The van der Waals surface area contributed by atoms with E-state index in [0.29, 0.717) is 17.1 Å². The lowest BCUT2D eigenvalue weighted by atomic mass is 9.62. The Morgan fingerprint density at radius 2 is 2.06 bits per heavy atom. The molecular formula is C27H33ClN2O6. The second-order valence-corrected chi connectivity index (χ2v) is 10.3. The number of likely N-dealkylation sites (tertiary alicyclic amines) is 1. The van der Waals surface area contributed by atoms with Crippen LogP contribution in [0.4, 0.5) is 5.69 Å². The van der Waals surface area contributed by atoms with E-state index in [0.717, 1.165) is 0 Å². The van der Waals surface area contributed by atoms with Crippen LogP contribution in [0.2, 0.25) is 5.02 Å². The van der Waals surface area contributed by atoms with Crippen LogP contribution in [0, 0.1) is 17.8 Å². The first kappa shape index (κ1) is 26.4. The number of benzene rings is 1. The van der Waals surface area contributed by atoms with E-state index in [2.05, 4.69) is 13.2 Å². The molecule has 2 bridgehead atoms. The molecule has 3 aliphatic heterocycles. The first-order valence-electron chi connectivity index (χ1n) is 12.2. The fourth-order valence-electron chi connectivity index (χ4n) is 6.34. The Morgan fingerprint density at radius 3 is 2.69 bits per heavy atom. The van der Waals surface area contributed by atoms with E-state index in [1.807, 2.05) is 13.8 Å². The highest BCUT2D eigenvalue weighted by atomic mass is 35.5.